The number of rotatable bonds is 6. The first-order valence-electron chi connectivity index (χ1n) is 8.86. The van der Waals surface area contributed by atoms with Crippen molar-refractivity contribution in [2.75, 3.05) is 31.9 Å². The lowest BCUT2D eigenvalue weighted by atomic mass is 10.2. The molecule has 0 bridgehead atoms. The van der Waals surface area contributed by atoms with Gasteiger partial charge in [0, 0.05) is 39.1 Å². The third kappa shape index (κ3) is 4.93. The Morgan fingerprint density at radius 1 is 0.846 bits per heavy atom. The average Bonchev–Trinajstić information content (AvgIpc) is 2.68. The van der Waals surface area contributed by atoms with Gasteiger partial charge in [0.25, 0.3) is 0 Å². The molecule has 0 unspecified atom stereocenters. The van der Waals surface area contributed by atoms with Crippen molar-refractivity contribution in [3.63, 3.8) is 0 Å². The van der Waals surface area contributed by atoms with Gasteiger partial charge in [-0.2, -0.15) is 0 Å². The van der Waals surface area contributed by atoms with Gasteiger partial charge in [0.05, 0.1) is 10.6 Å². The highest BCUT2D eigenvalue weighted by Gasteiger charge is 2.23. The first-order valence-corrected chi connectivity index (χ1v) is 10.5. The minimum Gasteiger partial charge on any atom is -0.340 e. The molecule has 0 radical (unpaired) electrons. The van der Waals surface area contributed by atoms with E-state index >= 15 is 0 Å². The van der Waals surface area contributed by atoms with Crippen molar-refractivity contribution in [3.05, 3.63) is 66.2 Å². The molecule has 0 saturated carbocycles. The fourth-order valence-electron chi connectivity index (χ4n) is 3.12. The van der Waals surface area contributed by atoms with Crippen LogP contribution in [-0.2, 0) is 21.2 Å². The van der Waals surface area contributed by atoms with E-state index in [1.165, 1.54) is 5.56 Å². The summed E-state index contributed by atoms with van der Waals surface area (Å²) in [5.74, 6) is -0.219. The Morgan fingerprint density at radius 2 is 1.42 bits per heavy atom. The molecule has 1 aliphatic rings. The van der Waals surface area contributed by atoms with Gasteiger partial charge in [0.1, 0.15) is 0 Å². The van der Waals surface area contributed by atoms with E-state index in [-0.39, 0.29) is 23.0 Å². The maximum Gasteiger partial charge on any atom is 0.223 e. The number of piperazine rings is 1. The van der Waals surface area contributed by atoms with Crippen LogP contribution in [0.5, 0.6) is 0 Å². The lowest BCUT2D eigenvalue weighted by molar-refractivity contribution is -0.132. The lowest BCUT2D eigenvalue weighted by Crippen LogP contribution is -2.48. The monoisotopic (exact) mass is 372 g/mol. The summed E-state index contributed by atoms with van der Waals surface area (Å²) in [6, 6.07) is 18.6. The normalized spacial score (nSPS) is 15.8. The van der Waals surface area contributed by atoms with Crippen LogP contribution in [0.15, 0.2) is 65.6 Å². The third-order valence-corrected chi connectivity index (χ3v) is 6.39. The molecule has 0 aromatic heterocycles. The second-order valence-corrected chi connectivity index (χ2v) is 8.63. The zero-order valence-corrected chi connectivity index (χ0v) is 15.6. The van der Waals surface area contributed by atoms with E-state index in [1.807, 2.05) is 18.2 Å². The van der Waals surface area contributed by atoms with Crippen LogP contribution in [0.4, 0.5) is 0 Å². The predicted octanol–water partition coefficient (Wildman–Crippen LogP) is 2.19. The fourth-order valence-corrected chi connectivity index (χ4v) is 4.37. The maximum absolute atomic E-state index is 12.4. The van der Waals surface area contributed by atoms with Crippen molar-refractivity contribution < 1.29 is 13.2 Å². The molecular formula is C20H24N2O3S. The van der Waals surface area contributed by atoms with Crippen LogP contribution in [0.1, 0.15) is 12.0 Å². The Balaban J connectivity index is 1.47. The molecule has 2 aromatic rings. The van der Waals surface area contributed by atoms with Crippen LogP contribution in [0.25, 0.3) is 0 Å². The molecule has 1 aliphatic heterocycles. The standard InChI is InChI=1S/C20H24N2O3S/c23-20(11-16-26(24,25)19-9-5-2-6-10-19)22-14-12-21(13-15-22)17-18-7-3-1-4-8-18/h1-10H,11-17H2. The van der Waals surface area contributed by atoms with Gasteiger partial charge in [-0.25, -0.2) is 8.42 Å². The molecule has 1 saturated heterocycles. The van der Waals surface area contributed by atoms with Crippen LogP contribution in [0.2, 0.25) is 0 Å². The van der Waals surface area contributed by atoms with E-state index < -0.39 is 9.84 Å². The molecule has 0 atom stereocenters. The Labute approximate surface area is 155 Å². The van der Waals surface area contributed by atoms with Crippen molar-refractivity contribution in [2.24, 2.45) is 0 Å². The molecular weight excluding hydrogens is 348 g/mol. The molecule has 1 amide bonds. The second-order valence-electron chi connectivity index (χ2n) is 6.52. The van der Waals surface area contributed by atoms with Gasteiger partial charge in [-0.05, 0) is 17.7 Å². The summed E-state index contributed by atoms with van der Waals surface area (Å²) in [4.78, 5) is 16.8. The second kappa shape index (κ2) is 8.47. The molecule has 6 heteroatoms. The van der Waals surface area contributed by atoms with E-state index in [1.54, 1.807) is 35.2 Å². The van der Waals surface area contributed by atoms with Gasteiger partial charge in [0.15, 0.2) is 9.84 Å². The average molecular weight is 372 g/mol. The summed E-state index contributed by atoms with van der Waals surface area (Å²) < 4.78 is 24.6. The van der Waals surface area contributed by atoms with Crippen LogP contribution in [-0.4, -0.2) is 56.1 Å². The fraction of sp³-hybridized carbons (Fsp3) is 0.350. The zero-order valence-electron chi connectivity index (χ0n) is 14.8. The highest BCUT2D eigenvalue weighted by Crippen LogP contribution is 2.13. The molecule has 1 fully saturated rings. The number of hydrogen-bond acceptors (Lipinski definition) is 4. The van der Waals surface area contributed by atoms with Crippen molar-refractivity contribution in [2.45, 2.75) is 17.9 Å². The number of hydrogen-bond donors (Lipinski definition) is 0. The molecule has 1 heterocycles. The van der Waals surface area contributed by atoms with E-state index in [0.717, 1.165) is 19.6 Å². The molecule has 0 spiro atoms. The van der Waals surface area contributed by atoms with E-state index in [2.05, 4.69) is 17.0 Å². The van der Waals surface area contributed by atoms with Crippen LogP contribution in [0, 0.1) is 0 Å². The highest BCUT2D eigenvalue weighted by molar-refractivity contribution is 7.91. The molecule has 0 aliphatic carbocycles. The Morgan fingerprint density at radius 3 is 2.04 bits per heavy atom. The minimum atomic E-state index is -3.40. The van der Waals surface area contributed by atoms with Gasteiger partial charge < -0.3 is 4.90 Å². The van der Waals surface area contributed by atoms with Gasteiger partial charge in [-0.15, -0.1) is 0 Å². The van der Waals surface area contributed by atoms with Crippen molar-refractivity contribution in [3.8, 4) is 0 Å². The predicted molar refractivity (Wildman–Crippen MR) is 101 cm³/mol. The van der Waals surface area contributed by atoms with Crippen LogP contribution in [0.3, 0.4) is 0 Å². The summed E-state index contributed by atoms with van der Waals surface area (Å²) in [5, 5.41) is 0. The molecule has 0 N–H and O–H groups in total. The summed E-state index contributed by atoms with van der Waals surface area (Å²) >= 11 is 0. The third-order valence-electron chi connectivity index (χ3n) is 4.66. The molecule has 138 valence electrons. The number of benzene rings is 2. The van der Waals surface area contributed by atoms with Gasteiger partial charge in [0.2, 0.25) is 5.91 Å². The number of nitrogens with zero attached hydrogens (tertiary/aromatic N) is 2. The van der Waals surface area contributed by atoms with Crippen molar-refractivity contribution in [1.82, 2.24) is 9.80 Å². The van der Waals surface area contributed by atoms with E-state index in [0.29, 0.717) is 13.1 Å². The summed E-state index contributed by atoms with van der Waals surface area (Å²) in [5.41, 5.74) is 1.27. The molecule has 2 aromatic carbocycles. The summed E-state index contributed by atoms with van der Waals surface area (Å²) in [7, 11) is -3.40. The van der Waals surface area contributed by atoms with Crippen molar-refractivity contribution >= 4 is 15.7 Å². The topological polar surface area (TPSA) is 57.7 Å². The Hall–Kier alpha value is -2.18. The number of amides is 1. The summed E-state index contributed by atoms with van der Waals surface area (Å²) in [6.45, 7) is 3.80. The Bertz CT molecular complexity index is 815. The molecule has 3 rings (SSSR count). The maximum atomic E-state index is 12.4. The largest absolute Gasteiger partial charge is 0.340 e. The quantitative estimate of drug-likeness (QED) is 0.780. The van der Waals surface area contributed by atoms with Gasteiger partial charge in [-0.1, -0.05) is 48.5 Å². The zero-order chi connectivity index (χ0) is 18.4. The SMILES string of the molecule is O=C(CCS(=O)(=O)c1ccccc1)N1CCN(Cc2ccccc2)CC1. The van der Waals surface area contributed by atoms with Gasteiger partial charge in [-0.3, -0.25) is 9.69 Å². The molecule has 5 nitrogen and oxygen atoms in total. The number of carbonyl (C=O) groups is 1. The van der Waals surface area contributed by atoms with E-state index in [4.69, 9.17) is 0 Å². The highest BCUT2D eigenvalue weighted by atomic mass is 32.2. The minimum absolute atomic E-state index is 0.0376. The van der Waals surface area contributed by atoms with E-state index in [9.17, 15) is 13.2 Å². The number of carbonyl (C=O) groups excluding carboxylic acids is 1. The van der Waals surface area contributed by atoms with Crippen molar-refractivity contribution in [1.29, 1.82) is 0 Å². The van der Waals surface area contributed by atoms with Gasteiger partial charge >= 0.3 is 0 Å². The first kappa shape index (κ1) is 18.6. The van der Waals surface area contributed by atoms with Crippen LogP contribution < -0.4 is 0 Å². The Kier molecular flexibility index (Phi) is 6.06. The number of sulfone groups is 1. The smallest absolute Gasteiger partial charge is 0.223 e. The first-order chi connectivity index (χ1) is 12.5. The van der Waals surface area contributed by atoms with Crippen LogP contribution >= 0.6 is 0 Å². The summed E-state index contributed by atoms with van der Waals surface area (Å²) in [6.07, 6.45) is 0.0376. The lowest BCUT2D eigenvalue weighted by Gasteiger charge is -2.34. The molecule has 26 heavy (non-hydrogen) atoms.